The summed E-state index contributed by atoms with van der Waals surface area (Å²) in [5, 5.41) is 14.5. The van der Waals surface area contributed by atoms with Gasteiger partial charge in [0.05, 0.1) is 11.7 Å². The summed E-state index contributed by atoms with van der Waals surface area (Å²) in [6.45, 7) is 3.66. The van der Waals surface area contributed by atoms with Gasteiger partial charge in [-0.25, -0.2) is 0 Å². The molecule has 0 aliphatic heterocycles. The third kappa shape index (κ3) is 3.17. The molecule has 2 rings (SSSR count). The Balaban J connectivity index is 2.26. The van der Waals surface area contributed by atoms with Crippen LogP contribution in [0.4, 0.5) is 0 Å². The Morgan fingerprint density at radius 2 is 2.11 bits per heavy atom. The lowest BCUT2D eigenvalue weighted by Crippen LogP contribution is -2.27. The van der Waals surface area contributed by atoms with E-state index in [1.54, 1.807) is 11.6 Å². The lowest BCUT2D eigenvalue weighted by atomic mass is 10.2. The molecule has 1 N–H and O–H groups in total. The molecule has 2 aromatic rings. The average Bonchev–Trinajstić information content (AvgIpc) is 2.88. The maximum absolute atomic E-state index is 11.4. The molecule has 6 nitrogen and oxygen atoms in total. The highest BCUT2D eigenvalue weighted by Gasteiger charge is 2.17. The van der Waals surface area contributed by atoms with E-state index in [1.165, 1.54) is 0 Å². The Bertz CT molecular complexity index is 566. The molecular formula is C12H14BrN5O. The molecule has 7 heteroatoms. The molecule has 1 heterocycles. The summed E-state index contributed by atoms with van der Waals surface area (Å²) >= 11 is 3.38. The van der Waals surface area contributed by atoms with E-state index in [1.807, 2.05) is 31.2 Å². The highest BCUT2D eigenvalue weighted by molar-refractivity contribution is 9.10. The molecule has 19 heavy (non-hydrogen) atoms. The predicted octanol–water partition coefficient (Wildman–Crippen LogP) is 2.01. The summed E-state index contributed by atoms with van der Waals surface area (Å²) < 4.78 is 2.60. The molecule has 100 valence electrons. The Morgan fingerprint density at radius 3 is 2.74 bits per heavy atom. The number of benzene rings is 1. The summed E-state index contributed by atoms with van der Waals surface area (Å²) in [6, 6.07) is 7.38. The highest BCUT2D eigenvalue weighted by Crippen LogP contribution is 2.16. The number of carbonyl (C=O) groups is 1. The fourth-order valence-electron chi connectivity index (χ4n) is 1.64. The second kappa shape index (κ2) is 5.92. The first-order valence-electron chi connectivity index (χ1n) is 5.95. The Hall–Kier alpha value is -1.76. The zero-order valence-electron chi connectivity index (χ0n) is 10.7. The van der Waals surface area contributed by atoms with Gasteiger partial charge in [0.1, 0.15) is 0 Å². The van der Waals surface area contributed by atoms with Crippen LogP contribution in [0.15, 0.2) is 28.7 Å². The molecule has 0 spiro atoms. The van der Waals surface area contributed by atoms with Gasteiger partial charge >= 0.3 is 0 Å². The van der Waals surface area contributed by atoms with Crippen LogP contribution in [0.3, 0.4) is 0 Å². The number of rotatable bonds is 4. The van der Waals surface area contributed by atoms with Crippen molar-refractivity contribution in [1.29, 1.82) is 0 Å². The SMILES string of the molecule is CCC(=O)NC(C)c1nnnn1-c1ccc(Br)cc1. The molecule has 1 aromatic carbocycles. The predicted molar refractivity (Wildman–Crippen MR) is 73.7 cm³/mol. The lowest BCUT2D eigenvalue weighted by Gasteiger charge is -2.13. The van der Waals surface area contributed by atoms with Crippen molar-refractivity contribution >= 4 is 21.8 Å². The Labute approximate surface area is 119 Å². The van der Waals surface area contributed by atoms with E-state index < -0.39 is 0 Å². The number of tetrazole rings is 1. The van der Waals surface area contributed by atoms with Crippen LogP contribution in [0.5, 0.6) is 0 Å². The average molecular weight is 324 g/mol. The summed E-state index contributed by atoms with van der Waals surface area (Å²) in [6.07, 6.45) is 0.435. The van der Waals surface area contributed by atoms with E-state index in [4.69, 9.17) is 0 Å². The number of hydrogen-bond acceptors (Lipinski definition) is 4. The first kappa shape index (κ1) is 13.7. The normalized spacial score (nSPS) is 12.2. The third-order valence-corrected chi connectivity index (χ3v) is 3.18. The van der Waals surface area contributed by atoms with Crippen LogP contribution >= 0.6 is 15.9 Å². The molecule has 1 atom stereocenters. The maximum Gasteiger partial charge on any atom is 0.220 e. The van der Waals surface area contributed by atoms with Gasteiger partial charge in [0, 0.05) is 10.9 Å². The van der Waals surface area contributed by atoms with Gasteiger partial charge in [0.2, 0.25) is 5.91 Å². The van der Waals surface area contributed by atoms with Gasteiger partial charge < -0.3 is 5.32 Å². The number of carbonyl (C=O) groups excluding carboxylic acids is 1. The smallest absolute Gasteiger partial charge is 0.220 e. The minimum absolute atomic E-state index is 0.0298. The van der Waals surface area contributed by atoms with E-state index >= 15 is 0 Å². The van der Waals surface area contributed by atoms with Crippen molar-refractivity contribution in [3.63, 3.8) is 0 Å². The fourth-order valence-corrected chi connectivity index (χ4v) is 1.90. The molecule has 0 saturated heterocycles. The summed E-state index contributed by atoms with van der Waals surface area (Å²) in [7, 11) is 0. The fraction of sp³-hybridized carbons (Fsp3) is 0.333. The quantitative estimate of drug-likeness (QED) is 0.934. The van der Waals surface area contributed by atoms with Crippen molar-refractivity contribution in [3.8, 4) is 5.69 Å². The molecule has 1 unspecified atom stereocenters. The Morgan fingerprint density at radius 1 is 1.42 bits per heavy atom. The molecule has 0 bridgehead atoms. The van der Waals surface area contributed by atoms with Crippen LogP contribution in [0.25, 0.3) is 5.69 Å². The van der Waals surface area contributed by atoms with Crippen molar-refractivity contribution in [2.45, 2.75) is 26.3 Å². The lowest BCUT2D eigenvalue weighted by molar-refractivity contribution is -0.121. The summed E-state index contributed by atoms with van der Waals surface area (Å²) in [4.78, 5) is 11.4. The molecule has 0 radical (unpaired) electrons. The van der Waals surface area contributed by atoms with Crippen molar-refractivity contribution < 1.29 is 4.79 Å². The number of nitrogens with zero attached hydrogens (tertiary/aromatic N) is 4. The molecule has 1 aromatic heterocycles. The van der Waals surface area contributed by atoms with Gasteiger partial charge in [0.25, 0.3) is 0 Å². The molecule has 0 aliphatic rings. The molecule has 1 amide bonds. The van der Waals surface area contributed by atoms with Crippen molar-refractivity contribution in [3.05, 3.63) is 34.6 Å². The highest BCUT2D eigenvalue weighted by atomic mass is 79.9. The van der Waals surface area contributed by atoms with Crippen molar-refractivity contribution in [1.82, 2.24) is 25.5 Å². The first-order valence-corrected chi connectivity index (χ1v) is 6.74. The Kier molecular flexibility index (Phi) is 4.26. The first-order chi connectivity index (χ1) is 9.11. The molecule has 0 fully saturated rings. The van der Waals surface area contributed by atoms with Crippen LogP contribution in [-0.2, 0) is 4.79 Å². The largest absolute Gasteiger partial charge is 0.346 e. The van der Waals surface area contributed by atoms with E-state index in [2.05, 4.69) is 36.8 Å². The summed E-state index contributed by atoms with van der Waals surface area (Å²) in [5.74, 6) is 0.571. The van der Waals surface area contributed by atoms with Gasteiger partial charge in [-0.1, -0.05) is 22.9 Å². The summed E-state index contributed by atoms with van der Waals surface area (Å²) in [5.41, 5.74) is 0.848. The number of hydrogen-bond donors (Lipinski definition) is 1. The monoisotopic (exact) mass is 323 g/mol. The van der Waals surface area contributed by atoms with E-state index in [0.717, 1.165) is 10.2 Å². The molecular weight excluding hydrogens is 310 g/mol. The maximum atomic E-state index is 11.4. The van der Waals surface area contributed by atoms with E-state index in [-0.39, 0.29) is 11.9 Å². The van der Waals surface area contributed by atoms with Gasteiger partial charge in [0.15, 0.2) is 5.82 Å². The number of amides is 1. The van der Waals surface area contributed by atoms with Gasteiger partial charge in [-0.05, 0) is 41.6 Å². The zero-order valence-corrected chi connectivity index (χ0v) is 12.3. The second-order valence-corrected chi connectivity index (χ2v) is 4.98. The van der Waals surface area contributed by atoms with Crippen LogP contribution in [0.2, 0.25) is 0 Å². The number of halogens is 1. The minimum atomic E-state index is -0.244. The van der Waals surface area contributed by atoms with E-state index in [9.17, 15) is 4.79 Å². The van der Waals surface area contributed by atoms with Gasteiger partial charge in [-0.15, -0.1) is 5.10 Å². The van der Waals surface area contributed by atoms with Crippen molar-refractivity contribution in [2.24, 2.45) is 0 Å². The van der Waals surface area contributed by atoms with E-state index in [0.29, 0.717) is 12.2 Å². The molecule has 0 saturated carbocycles. The van der Waals surface area contributed by atoms with Crippen LogP contribution in [-0.4, -0.2) is 26.1 Å². The van der Waals surface area contributed by atoms with Crippen LogP contribution in [0, 0.1) is 0 Å². The third-order valence-electron chi connectivity index (χ3n) is 2.65. The second-order valence-electron chi connectivity index (χ2n) is 4.07. The standard InChI is InChI=1S/C12H14BrN5O/c1-3-11(19)14-8(2)12-15-16-17-18(12)10-6-4-9(13)5-7-10/h4-8H,3H2,1-2H3,(H,14,19). The zero-order chi connectivity index (χ0) is 13.8. The number of aromatic nitrogens is 4. The molecule has 0 aliphatic carbocycles. The topological polar surface area (TPSA) is 72.7 Å². The minimum Gasteiger partial charge on any atom is -0.346 e. The van der Waals surface area contributed by atoms with Crippen LogP contribution < -0.4 is 5.32 Å². The van der Waals surface area contributed by atoms with Gasteiger partial charge in [-0.2, -0.15) is 4.68 Å². The number of nitrogens with one attached hydrogen (secondary N) is 1. The van der Waals surface area contributed by atoms with Gasteiger partial charge in [-0.3, -0.25) is 4.79 Å². The van der Waals surface area contributed by atoms with Crippen LogP contribution in [0.1, 0.15) is 32.1 Å². The van der Waals surface area contributed by atoms with Crippen molar-refractivity contribution in [2.75, 3.05) is 0 Å².